The van der Waals surface area contributed by atoms with E-state index >= 15 is 0 Å². The average molecular weight is 126 g/mol. The van der Waals surface area contributed by atoms with E-state index in [9.17, 15) is 0 Å². The highest BCUT2D eigenvalue weighted by atomic mass is 16.5. The second-order valence-electron chi connectivity index (χ2n) is 3.31. The van der Waals surface area contributed by atoms with Crippen LogP contribution in [0, 0.1) is 11.8 Å². The van der Waals surface area contributed by atoms with Gasteiger partial charge in [0.1, 0.15) is 0 Å². The monoisotopic (exact) mass is 126 g/mol. The van der Waals surface area contributed by atoms with Gasteiger partial charge in [-0.2, -0.15) is 0 Å². The molecule has 0 N–H and O–H groups in total. The third-order valence-corrected chi connectivity index (χ3v) is 2.78. The minimum absolute atomic E-state index is 0.943. The number of hydrogen-bond donors (Lipinski definition) is 0. The van der Waals surface area contributed by atoms with Crippen LogP contribution < -0.4 is 0 Å². The molecule has 0 bridgehead atoms. The van der Waals surface area contributed by atoms with Gasteiger partial charge in [-0.1, -0.05) is 19.3 Å². The van der Waals surface area contributed by atoms with Gasteiger partial charge in [0, 0.05) is 13.2 Å². The topological polar surface area (TPSA) is 9.23 Å². The van der Waals surface area contributed by atoms with E-state index in [2.05, 4.69) is 0 Å². The minimum atomic E-state index is 0.943. The van der Waals surface area contributed by atoms with Crippen LogP contribution in [-0.2, 0) is 4.74 Å². The van der Waals surface area contributed by atoms with Gasteiger partial charge in [-0.3, -0.25) is 0 Å². The van der Waals surface area contributed by atoms with Crippen LogP contribution in [0.5, 0.6) is 0 Å². The summed E-state index contributed by atoms with van der Waals surface area (Å²) < 4.78 is 5.31. The lowest BCUT2D eigenvalue weighted by atomic mass is 9.76. The molecule has 1 saturated carbocycles. The highest BCUT2D eigenvalue weighted by molar-refractivity contribution is 4.79. The second-order valence-corrected chi connectivity index (χ2v) is 3.31. The van der Waals surface area contributed by atoms with E-state index in [0.29, 0.717) is 0 Å². The molecule has 9 heavy (non-hydrogen) atoms. The van der Waals surface area contributed by atoms with Crippen LogP contribution in [0.25, 0.3) is 0 Å². The zero-order chi connectivity index (χ0) is 6.10. The molecule has 0 aromatic rings. The molecule has 1 nitrogen and oxygen atoms in total. The second kappa shape index (κ2) is 2.30. The zero-order valence-electron chi connectivity index (χ0n) is 5.81. The fourth-order valence-corrected chi connectivity index (χ4v) is 1.84. The number of hydrogen-bond acceptors (Lipinski definition) is 1. The molecule has 1 unspecified atom stereocenters. The van der Waals surface area contributed by atoms with E-state index in [1.54, 1.807) is 0 Å². The van der Waals surface area contributed by atoms with E-state index in [0.717, 1.165) is 25.0 Å². The molecule has 1 atom stereocenters. The Kier molecular flexibility index (Phi) is 1.46. The van der Waals surface area contributed by atoms with Gasteiger partial charge in [0.05, 0.1) is 0 Å². The van der Waals surface area contributed by atoms with E-state index in [4.69, 9.17) is 4.74 Å². The van der Waals surface area contributed by atoms with Crippen LogP contribution in [0.1, 0.15) is 25.7 Å². The molecule has 1 heteroatoms. The predicted octanol–water partition coefficient (Wildman–Crippen LogP) is 1.82. The van der Waals surface area contributed by atoms with Crippen LogP contribution in [0.4, 0.5) is 0 Å². The molecule has 1 heterocycles. The molecule has 0 amide bonds. The molecular weight excluding hydrogens is 112 g/mol. The Hall–Kier alpha value is -0.0400. The van der Waals surface area contributed by atoms with Gasteiger partial charge < -0.3 is 4.74 Å². The third kappa shape index (κ3) is 0.983. The normalized spacial score (nSPS) is 36.7. The van der Waals surface area contributed by atoms with Crippen LogP contribution in [-0.4, -0.2) is 13.2 Å². The lowest BCUT2D eigenvalue weighted by molar-refractivity contribution is 0.146. The molecule has 52 valence electrons. The molecule has 2 fully saturated rings. The van der Waals surface area contributed by atoms with E-state index in [1.165, 1.54) is 25.7 Å². The molecular formula is C8H14O. The zero-order valence-corrected chi connectivity index (χ0v) is 5.81. The van der Waals surface area contributed by atoms with Crippen molar-refractivity contribution in [2.75, 3.05) is 13.2 Å². The van der Waals surface area contributed by atoms with E-state index in [1.807, 2.05) is 0 Å². The van der Waals surface area contributed by atoms with Crippen molar-refractivity contribution in [2.24, 2.45) is 11.8 Å². The van der Waals surface area contributed by atoms with Gasteiger partial charge in [0.25, 0.3) is 0 Å². The summed E-state index contributed by atoms with van der Waals surface area (Å²) >= 11 is 0. The van der Waals surface area contributed by atoms with E-state index in [-0.39, 0.29) is 0 Å². The molecule has 1 saturated heterocycles. The van der Waals surface area contributed by atoms with Crippen LogP contribution >= 0.6 is 0 Å². The highest BCUT2D eigenvalue weighted by Gasteiger charge is 2.29. The summed E-state index contributed by atoms with van der Waals surface area (Å²) in [5, 5.41) is 0. The molecule has 2 aliphatic rings. The summed E-state index contributed by atoms with van der Waals surface area (Å²) in [6.45, 7) is 2.09. The van der Waals surface area contributed by atoms with Crippen molar-refractivity contribution in [2.45, 2.75) is 25.7 Å². The first-order valence-electron chi connectivity index (χ1n) is 4.04. The van der Waals surface area contributed by atoms with Crippen molar-refractivity contribution >= 4 is 0 Å². The van der Waals surface area contributed by atoms with Crippen molar-refractivity contribution in [3.63, 3.8) is 0 Å². The Balaban J connectivity index is 1.82. The van der Waals surface area contributed by atoms with Crippen molar-refractivity contribution in [3.8, 4) is 0 Å². The summed E-state index contributed by atoms with van der Waals surface area (Å²) in [7, 11) is 0. The van der Waals surface area contributed by atoms with Gasteiger partial charge in [-0.15, -0.1) is 0 Å². The lowest BCUT2D eigenvalue weighted by Crippen LogP contribution is -2.21. The fraction of sp³-hybridized carbons (Fsp3) is 1.00. The molecule has 1 aliphatic heterocycles. The SMILES string of the molecule is C1CC(C2CCOC2)C1. The van der Waals surface area contributed by atoms with Crippen LogP contribution in [0.15, 0.2) is 0 Å². The van der Waals surface area contributed by atoms with Gasteiger partial charge in [0.2, 0.25) is 0 Å². The number of rotatable bonds is 1. The maximum absolute atomic E-state index is 5.31. The van der Waals surface area contributed by atoms with Gasteiger partial charge in [0.15, 0.2) is 0 Å². The average Bonchev–Trinajstić information content (AvgIpc) is 2.11. The Bertz CT molecular complexity index is 90.7. The van der Waals surface area contributed by atoms with Crippen molar-refractivity contribution in [1.29, 1.82) is 0 Å². The lowest BCUT2D eigenvalue weighted by Gasteiger charge is -2.30. The smallest absolute Gasteiger partial charge is 0.0497 e. The summed E-state index contributed by atoms with van der Waals surface area (Å²) in [5.41, 5.74) is 0. The van der Waals surface area contributed by atoms with Crippen molar-refractivity contribution in [3.05, 3.63) is 0 Å². The first-order valence-corrected chi connectivity index (χ1v) is 4.04. The number of ether oxygens (including phenoxy) is 1. The van der Waals surface area contributed by atoms with Gasteiger partial charge in [-0.05, 0) is 18.3 Å². The Morgan fingerprint density at radius 1 is 1.00 bits per heavy atom. The highest BCUT2D eigenvalue weighted by Crippen LogP contribution is 2.37. The first-order chi connectivity index (χ1) is 4.47. The largest absolute Gasteiger partial charge is 0.381 e. The Morgan fingerprint density at radius 3 is 2.33 bits per heavy atom. The third-order valence-electron chi connectivity index (χ3n) is 2.78. The summed E-state index contributed by atoms with van der Waals surface area (Å²) in [5.74, 6) is 1.99. The first kappa shape index (κ1) is 5.72. The summed E-state index contributed by atoms with van der Waals surface area (Å²) in [4.78, 5) is 0. The molecule has 2 rings (SSSR count). The molecule has 1 aliphatic carbocycles. The Morgan fingerprint density at radius 2 is 1.89 bits per heavy atom. The standard InChI is InChI=1S/C8H14O/c1-2-7(3-1)8-4-5-9-6-8/h7-8H,1-6H2. The van der Waals surface area contributed by atoms with Crippen LogP contribution in [0.3, 0.4) is 0 Å². The van der Waals surface area contributed by atoms with Crippen LogP contribution in [0.2, 0.25) is 0 Å². The fourth-order valence-electron chi connectivity index (χ4n) is 1.84. The quantitative estimate of drug-likeness (QED) is 0.520. The molecule has 0 aromatic heterocycles. The maximum atomic E-state index is 5.31. The van der Waals surface area contributed by atoms with Crippen molar-refractivity contribution in [1.82, 2.24) is 0 Å². The minimum Gasteiger partial charge on any atom is -0.381 e. The van der Waals surface area contributed by atoms with Gasteiger partial charge in [-0.25, -0.2) is 0 Å². The van der Waals surface area contributed by atoms with E-state index < -0.39 is 0 Å². The molecule has 0 spiro atoms. The predicted molar refractivity (Wildman–Crippen MR) is 36.3 cm³/mol. The summed E-state index contributed by atoms with van der Waals surface area (Å²) in [6, 6.07) is 0. The maximum Gasteiger partial charge on any atom is 0.0497 e. The molecule has 0 aromatic carbocycles. The Labute approximate surface area is 56.4 Å². The molecule has 0 radical (unpaired) electrons. The summed E-state index contributed by atoms with van der Waals surface area (Å²) in [6.07, 6.45) is 5.77. The van der Waals surface area contributed by atoms with Crippen molar-refractivity contribution < 1.29 is 4.74 Å². The van der Waals surface area contributed by atoms with Gasteiger partial charge >= 0.3 is 0 Å².